The molecule has 0 fully saturated rings. The summed E-state index contributed by atoms with van der Waals surface area (Å²) in [5, 5.41) is 14.5. The predicted octanol–water partition coefficient (Wildman–Crippen LogP) is 4.52. The molecule has 0 aliphatic heterocycles. The lowest BCUT2D eigenvalue weighted by Gasteiger charge is -2.19. The molecule has 1 N–H and O–H groups in total. The van der Waals surface area contributed by atoms with Crippen LogP contribution in [-0.2, 0) is 26.1 Å². The van der Waals surface area contributed by atoms with Crippen molar-refractivity contribution in [3.8, 4) is 22.5 Å². The summed E-state index contributed by atoms with van der Waals surface area (Å²) in [5.41, 5.74) is 4.24. The van der Waals surface area contributed by atoms with Gasteiger partial charge in [0, 0.05) is 31.6 Å². The summed E-state index contributed by atoms with van der Waals surface area (Å²) >= 11 is 0. The lowest BCUT2D eigenvalue weighted by molar-refractivity contribution is 0.394. The maximum Gasteiger partial charge on any atom is 0.332 e. The van der Waals surface area contributed by atoms with Gasteiger partial charge in [0.25, 0.3) is 5.56 Å². The van der Waals surface area contributed by atoms with E-state index in [9.17, 15) is 9.59 Å². The first-order valence-corrected chi connectivity index (χ1v) is 13.7. The standard InChI is InChI=1S/C30H36N8O2/c1-7-36-28(39)25-27(38(29(36)40)17-19(2)3)31-24(16-30(4,5)6)37(25)18-20-12-14-21(15-13-20)22-10-8-9-11-23(22)26-32-34-35-33-26/h8-15,19H,7,16-18H2,1-6H3,(H,32,33,34,35). The highest BCUT2D eigenvalue weighted by atomic mass is 16.2. The fraction of sp³-hybridized carbons (Fsp3) is 0.400. The highest BCUT2D eigenvalue weighted by molar-refractivity contribution is 5.80. The predicted molar refractivity (Wildman–Crippen MR) is 156 cm³/mol. The van der Waals surface area contributed by atoms with Crippen LogP contribution in [-0.4, -0.2) is 39.3 Å². The Kier molecular flexibility index (Phi) is 7.27. The molecule has 10 heteroatoms. The molecule has 0 aliphatic carbocycles. The van der Waals surface area contributed by atoms with Crippen molar-refractivity contribution < 1.29 is 0 Å². The molecule has 5 rings (SSSR count). The van der Waals surface area contributed by atoms with Gasteiger partial charge in [0.15, 0.2) is 11.2 Å². The molecule has 5 aromatic rings. The average Bonchev–Trinajstić information content (AvgIpc) is 3.55. The third-order valence-electron chi connectivity index (χ3n) is 6.86. The molecule has 3 heterocycles. The molecule has 40 heavy (non-hydrogen) atoms. The molecule has 2 aromatic carbocycles. The van der Waals surface area contributed by atoms with E-state index in [0.29, 0.717) is 43.0 Å². The van der Waals surface area contributed by atoms with Crippen molar-refractivity contribution in [2.45, 2.75) is 67.6 Å². The van der Waals surface area contributed by atoms with Crippen LogP contribution in [0.4, 0.5) is 0 Å². The molecular formula is C30H36N8O2. The Morgan fingerprint density at radius 2 is 1.62 bits per heavy atom. The van der Waals surface area contributed by atoms with E-state index in [2.05, 4.69) is 79.5 Å². The number of imidazole rings is 1. The topological polar surface area (TPSA) is 116 Å². The molecule has 0 spiro atoms. The lowest BCUT2D eigenvalue weighted by atomic mass is 9.92. The van der Waals surface area contributed by atoms with Crippen molar-refractivity contribution in [3.05, 3.63) is 80.8 Å². The quantitative estimate of drug-likeness (QED) is 0.309. The SMILES string of the molecule is CCn1c(=O)c2c(nc(CC(C)(C)C)n2Cc2ccc(-c3ccccc3-c3nn[nH]n3)cc2)n(CC(C)C)c1=O. The lowest BCUT2D eigenvalue weighted by Crippen LogP contribution is -2.40. The Balaban J connectivity index is 1.62. The van der Waals surface area contributed by atoms with Gasteiger partial charge in [-0.25, -0.2) is 9.78 Å². The van der Waals surface area contributed by atoms with Gasteiger partial charge in [0.2, 0.25) is 5.82 Å². The maximum atomic E-state index is 13.7. The second-order valence-corrected chi connectivity index (χ2v) is 11.8. The molecule has 0 saturated heterocycles. The Morgan fingerprint density at radius 1 is 0.925 bits per heavy atom. The van der Waals surface area contributed by atoms with Crippen LogP contribution in [0.15, 0.2) is 58.1 Å². The van der Waals surface area contributed by atoms with Gasteiger partial charge < -0.3 is 4.57 Å². The molecule has 0 atom stereocenters. The summed E-state index contributed by atoms with van der Waals surface area (Å²) in [6, 6.07) is 16.2. The molecule has 0 unspecified atom stereocenters. The molecule has 0 amide bonds. The number of rotatable bonds is 8. The fourth-order valence-corrected chi connectivity index (χ4v) is 5.10. The number of nitrogens with one attached hydrogen (secondary N) is 1. The van der Waals surface area contributed by atoms with E-state index in [-0.39, 0.29) is 22.6 Å². The number of hydrogen-bond acceptors (Lipinski definition) is 6. The van der Waals surface area contributed by atoms with Crippen molar-refractivity contribution in [1.29, 1.82) is 0 Å². The van der Waals surface area contributed by atoms with E-state index >= 15 is 0 Å². The van der Waals surface area contributed by atoms with Crippen LogP contribution in [0.3, 0.4) is 0 Å². The van der Waals surface area contributed by atoms with E-state index < -0.39 is 0 Å². The number of hydrogen-bond donors (Lipinski definition) is 1. The smallest absolute Gasteiger partial charge is 0.318 e. The third-order valence-corrected chi connectivity index (χ3v) is 6.86. The van der Waals surface area contributed by atoms with Crippen LogP contribution in [0.2, 0.25) is 0 Å². The summed E-state index contributed by atoms with van der Waals surface area (Å²) < 4.78 is 5.00. The minimum absolute atomic E-state index is 0.0607. The molecule has 0 saturated carbocycles. The van der Waals surface area contributed by atoms with Crippen LogP contribution in [0.25, 0.3) is 33.7 Å². The van der Waals surface area contributed by atoms with Gasteiger partial charge in [-0.15, -0.1) is 10.2 Å². The number of nitrogens with zero attached hydrogens (tertiary/aromatic N) is 7. The number of tetrazole rings is 1. The van der Waals surface area contributed by atoms with Crippen molar-refractivity contribution in [1.82, 2.24) is 39.3 Å². The van der Waals surface area contributed by atoms with Gasteiger partial charge in [0.1, 0.15) is 5.82 Å². The Morgan fingerprint density at radius 3 is 2.23 bits per heavy atom. The van der Waals surface area contributed by atoms with Crippen LogP contribution in [0.1, 0.15) is 52.9 Å². The van der Waals surface area contributed by atoms with E-state index in [1.807, 2.05) is 35.8 Å². The highest BCUT2D eigenvalue weighted by Crippen LogP contribution is 2.30. The number of fused-ring (bicyclic) bond motifs is 1. The molecule has 0 bridgehead atoms. The van der Waals surface area contributed by atoms with E-state index in [0.717, 1.165) is 28.1 Å². The number of aromatic nitrogens is 8. The second-order valence-electron chi connectivity index (χ2n) is 11.8. The van der Waals surface area contributed by atoms with Gasteiger partial charge in [-0.2, -0.15) is 5.21 Å². The van der Waals surface area contributed by atoms with Gasteiger partial charge >= 0.3 is 5.69 Å². The maximum absolute atomic E-state index is 13.7. The first-order chi connectivity index (χ1) is 19.1. The van der Waals surface area contributed by atoms with Gasteiger partial charge in [-0.05, 0) is 40.2 Å². The summed E-state index contributed by atoms with van der Waals surface area (Å²) in [5.74, 6) is 1.57. The molecule has 10 nitrogen and oxygen atoms in total. The van der Waals surface area contributed by atoms with Crippen molar-refractivity contribution in [2.24, 2.45) is 11.3 Å². The van der Waals surface area contributed by atoms with Crippen molar-refractivity contribution in [2.75, 3.05) is 0 Å². The summed E-state index contributed by atoms with van der Waals surface area (Å²) in [6.07, 6.45) is 0.666. The van der Waals surface area contributed by atoms with Crippen molar-refractivity contribution in [3.63, 3.8) is 0 Å². The minimum atomic E-state index is -0.301. The zero-order valence-electron chi connectivity index (χ0n) is 24.0. The first kappa shape index (κ1) is 27.2. The summed E-state index contributed by atoms with van der Waals surface area (Å²) in [6.45, 7) is 13.7. The third kappa shape index (κ3) is 5.25. The zero-order valence-corrected chi connectivity index (χ0v) is 24.0. The minimum Gasteiger partial charge on any atom is -0.318 e. The Hall–Kier alpha value is -4.34. The van der Waals surface area contributed by atoms with E-state index in [1.165, 1.54) is 4.57 Å². The van der Waals surface area contributed by atoms with Crippen LogP contribution >= 0.6 is 0 Å². The van der Waals surface area contributed by atoms with Crippen LogP contribution in [0, 0.1) is 11.3 Å². The Bertz CT molecular complexity index is 1750. The number of aromatic amines is 1. The van der Waals surface area contributed by atoms with Gasteiger partial charge in [0.05, 0.1) is 0 Å². The van der Waals surface area contributed by atoms with Crippen molar-refractivity contribution >= 4 is 11.2 Å². The van der Waals surface area contributed by atoms with Crippen LogP contribution < -0.4 is 11.2 Å². The molecule has 3 aromatic heterocycles. The second kappa shape index (κ2) is 10.7. The molecular weight excluding hydrogens is 504 g/mol. The highest BCUT2D eigenvalue weighted by Gasteiger charge is 2.24. The van der Waals surface area contributed by atoms with Gasteiger partial charge in [-0.1, -0.05) is 83.1 Å². The Labute approximate surface area is 232 Å². The summed E-state index contributed by atoms with van der Waals surface area (Å²) in [7, 11) is 0. The fourth-order valence-electron chi connectivity index (χ4n) is 5.10. The molecule has 0 radical (unpaired) electrons. The molecule has 208 valence electrons. The van der Waals surface area contributed by atoms with Gasteiger partial charge in [-0.3, -0.25) is 13.9 Å². The first-order valence-electron chi connectivity index (χ1n) is 13.7. The number of benzene rings is 2. The monoisotopic (exact) mass is 540 g/mol. The average molecular weight is 541 g/mol. The summed E-state index contributed by atoms with van der Waals surface area (Å²) in [4.78, 5) is 31.9. The largest absolute Gasteiger partial charge is 0.332 e. The van der Waals surface area contributed by atoms with E-state index in [4.69, 9.17) is 4.98 Å². The number of H-pyrrole nitrogens is 1. The van der Waals surface area contributed by atoms with Crippen LogP contribution in [0.5, 0.6) is 0 Å². The van der Waals surface area contributed by atoms with E-state index in [1.54, 1.807) is 4.57 Å². The normalized spacial score (nSPS) is 12.1. The zero-order chi connectivity index (χ0) is 28.6. The molecule has 0 aliphatic rings.